The van der Waals surface area contributed by atoms with Crippen molar-refractivity contribution in [2.24, 2.45) is 0 Å². The molecule has 0 unspecified atom stereocenters. The van der Waals surface area contributed by atoms with Crippen molar-refractivity contribution in [1.82, 2.24) is 4.31 Å². The summed E-state index contributed by atoms with van der Waals surface area (Å²) in [5, 5.41) is 18.1. The summed E-state index contributed by atoms with van der Waals surface area (Å²) in [5.41, 5.74) is 0. The van der Waals surface area contributed by atoms with Gasteiger partial charge < -0.3 is 0 Å². The van der Waals surface area contributed by atoms with E-state index in [0.29, 0.717) is 0 Å². The zero-order valence-electron chi connectivity index (χ0n) is 10.7. The second-order valence-corrected chi connectivity index (χ2v) is 7.66. The molecule has 0 saturated heterocycles. The zero-order chi connectivity index (χ0) is 12.4. The van der Waals surface area contributed by atoms with Crippen molar-refractivity contribution in [3.8, 4) is 12.4 Å². The fourth-order valence-corrected chi connectivity index (χ4v) is 5.13. The van der Waals surface area contributed by atoms with Gasteiger partial charge in [0.2, 0.25) is 12.4 Å². The van der Waals surface area contributed by atoms with Crippen LogP contribution in [0.3, 0.4) is 0 Å². The van der Waals surface area contributed by atoms with Gasteiger partial charge in [0.25, 0.3) is 0 Å². The smallest absolute Gasteiger partial charge is 0.174 e. The molecule has 16 heavy (non-hydrogen) atoms. The lowest BCUT2D eigenvalue weighted by molar-refractivity contribution is 0.801. The van der Waals surface area contributed by atoms with Crippen molar-refractivity contribution >= 4 is 10.2 Å². The monoisotopic (exact) mass is 241 g/mol. The highest BCUT2D eigenvalue weighted by atomic mass is 32.3. The third kappa shape index (κ3) is 3.94. The molecule has 0 fully saturated rings. The average Bonchev–Trinajstić information content (AvgIpc) is 2.33. The van der Waals surface area contributed by atoms with Crippen LogP contribution in [0.15, 0.2) is 0 Å². The molecular formula is C12H23N3S. The Balaban J connectivity index is 4.80. The highest BCUT2D eigenvalue weighted by Gasteiger charge is 2.28. The summed E-state index contributed by atoms with van der Waals surface area (Å²) in [6, 6.07) is 0. The summed E-state index contributed by atoms with van der Waals surface area (Å²) < 4.78 is 1.40. The fraction of sp³-hybridized carbons (Fsp3) is 0.833. The average molecular weight is 241 g/mol. The second-order valence-electron chi connectivity index (χ2n) is 3.90. The molecule has 0 saturated carbocycles. The van der Waals surface area contributed by atoms with Gasteiger partial charge in [-0.3, -0.25) is 0 Å². The molecule has 0 N–H and O–H groups in total. The molecule has 0 aromatic rings. The molecule has 92 valence electrons. The van der Waals surface area contributed by atoms with Crippen molar-refractivity contribution in [3.05, 3.63) is 0 Å². The third-order valence-corrected chi connectivity index (χ3v) is 6.97. The summed E-state index contributed by atoms with van der Waals surface area (Å²) >= 11 is 0. The molecule has 0 aromatic carbocycles. The maximum absolute atomic E-state index is 9.07. The molecule has 0 rings (SSSR count). The molecule has 3 nitrogen and oxygen atoms in total. The van der Waals surface area contributed by atoms with E-state index in [2.05, 4.69) is 33.2 Å². The van der Waals surface area contributed by atoms with E-state index in [4.69, 9.17) is 10.5 Å². The first-order valence-corrected chi connectivity index (χ1v) is 8.16. The van der Waals surface area contributed by atoms with E-state index in [0.717, 1.165) is 42.9 Å². The SMILES string of the molecule is CCCCS(CC)(CCCC)N(C#N)C#N. The van der Waals surface area contributed by atoms with Gasteiger partial charge in [-0.2, -0.15) is 14.8 Å². The van der Waals surface area contributed by atoms with E-state index in [9.17, 15) is 0 Å². The number of hydrogen-bond donors (Lipinski definition) is 0. The minimum atomic E-state index is -1.19. The lowest BCUT2D eigenvalue weighted by Gasteiger charge is -2.41. The van der Waals surface area contributed by atoms with Gasteiger partial charge in [-0.15, -0.1) is 10.2 Å². The van der Waals surface area contributed by atoms with Crippen LogP contribution in [0, 0.1) is 22.9 Å². The Kier molecular flexibility index (Phi) is 7.85. The van der Waals surface area contributed by atoms with E-state index >= 15 is 0 Å². The zero-order valence-corrected chi connectivity index (χ0v) is 11.5. The topological polar surface area (TPSA) is 50.8 Å². The van der Waals surface area contributed by atoms with Gasteiger partial charge in [0.05, 0.1) is 0 Å². The molecule has 0 aromatic heterocycles. The Morgan fingerprint density at radius 2 is 1.38 bits per heavy atom. The number of nitriles is 2. The van der Waals surface area contributed by atoms with E-state index in [1.807, 2.05) is 0 Å². The quantitative estimate of drug-likeness (QED) is 0.482. The van der Waals surface area contributed by atoms with Gasteiger partial charge in [-0.1, -0.05) is 33.6 Å². The van der Waals surface area contributed by atoms with Crippen molar-refractivity contribution < 1.29 is 0 Å². The molecule has 4 heteroatoms. The van der Waals surface area contributed by atoms with Crippen LogP contribution in [0.4, 0.5) is 0 Å². The Morgan fingerprint density at radius 3 is 1.62 bits per heavy atom. The number of rotatable bonds is 8. The number of nitrogens with zero attached hydrogens (tertiary/aromatic N) is 3. The highest BCUT2D eigenvalue weighted by molar-refractivity contribution is 8.32. The van der Waals surface area contributed by atoms with E-state index in [-0.39, 0.29) is 0 Å². The van der Waals surface area contributed by atoms with Crippen LogP contribution < -0.4 is 0 Å². The third-order valence-electron chi connectivity index (χ3n) is 2.86. The van der Waals surface area contributed by atoms with E-state index < -0.39 is 10.2 Å². The maximum atomic E-state index is 9.07. The van der Waals surface area contributed by atoms with Gasteiger partial charge in [-0.25, -0.2) is 0 Å². The predicted octanol–water partition coefficient (Wildman–Crippen LogP) is 3.59. The minimum absolute atomic E-state index is 0.952. The van der Waals surface area contributed by atoms with Crippen LogP contribution in [-0.4, -0.2) is 21.6 Å². The van der Waals surface area contributed by atoms with Crippen molar-refractivity contribution in [3.63, 3.8) is 0 Å². The van der Waals surface area contributed by atoms with Crippen molar-refractivity contribution in [2.75, 3.05) is 17.3 Å². The largest absolute Gasteiger partial charge is 0.203 e. The summed E-state index contributed by atoms with van der Waals surface area (Å²) in [6.07, 6.45) is 8.64. The van der Waals surface area contributed by atoms with Crippen molar-refractivity contribution in [1.29, 1.82) is 10.5 Å². The second kappa shape index (κ2) is 8.30. The Morgan fingerprint density at radius 1 is 0.938 bits per heavy atom. The van der Waals surface area contributed by atoms with Gasteiger partial charge in [0.15, 0.2) is 0 Å². The summed E-state index contributed by atoms with van der Waals surface area (Å²) in [4.78, 5) is 0. The molecular weight excluding hydrogens is 218 g/mol. The first-order valence-electron chi connectivity index (χ1n) is 6.06. The van der Waals surface area contributed by atoms with Gasteiger partial charge in [0, 0.05) is 0 Å². The van der Waals surface area contributed by atoms with E-state index in [1.165, 1.54) is 4.31 Å². The fourth-order valence-electron chi connectivity index (χ4n) is 1.72. The van der Waals surface area contributed by atoms with Crippen LogP contribution in [0.1, 0.15) is 46.5 Å². The van der Waals surface area contributed by atoms with Gasteiger partial charge in [-0.05, 0) is 30.1 Å². The Bertz CT molecular complexity index is 242. The summed E-state index contributed by atoms with van der Waals surface area (Å²) in [6.45, 7) is 6.42. The van der Waals surface area contributed by atoms with Crippen LogP contribution in [0.2, 0.25) is 0 Å². The first kappa shape index (κ1) is 15.1. The molecule has 0 aliphatic heterocycles. The van der Waals surface area contributed by atoms with E-state index in [1.54, 1.807) is 0 Å². The normalized spacial score (nSPS) is 11.6. The van der Waals surface area contributed by atoms with Crippen LogP contribution in [0.5, 0.6) is 0 Å². The molecule has 0 aliphatic carbocycles. The lowest BCUT2D eigenvalue weighted by atomic mass is 10.4. The molecule has 0 amide bonds. The minimum Gasteiger partial charge on any atom is -0.174 e. The predicted molar refractivity (Wildman–Crippen MR) is 70.7 cm³/mol. The maximum Gasteiger partial charge on any atom is 0.203 e. The number of hydrogen-bond acceptors (Lipinski definition) is 3. The molecule has 0 aliphatic rings. The van der Waals surface area contributed by atoms with Crippen LogP contribution in [0.25, 0.3) is 0 Å². The molecule has 0 radical (unpaired) electrons. The summed E-state index contributed by atoms with van der Waals surface area (Å²) in [5.74, 6) is 3.01. The lowest BCUT2D eigenvalue weighted by Crippen LogP contribution is -2.26. The molecule has 0 atom stereocenters. The Labute approximate surface area is 101 Å². The van der Waals surface area contributed by atoms with Gasteiger partial charge >= 0.3 is 0 Å². The van der Waals surface area contributed by atoms with Gasteiger partial charge in [0.1, 0.15) is 0 Å². The Hall–Kier alpha value is -0.870. The van der Waals surface area contributed by atoms with Crippen LogP contribution in [-0.2, 0) is 0 Å². The van der Waals surface area contributed by atoms with Crippen LogP contribution >= 0.6 is 10.2 Å². The standard InChI is InChI=1S/C12H23N3S/c1-4-7-9-16(6-3,10-8-5-2)15(11-13)12-14/h4-10H2,1-3H3. The van der Waals surface area contributed by atoms with Crippen molar-refractivity contribution in [2.45, 2.75) is 46.5 Å². The molecule has 0 bridgehead atoms. The highest BCUT2D eigenvalue weighted by Crippen LogP contribution is 2.52. The summed E-state index contributed by atoms with van der Waals surface area (Å²) in [7, 11) is -1.19. The molecule has 0 spiro atoms. The first-order chi connectivity index (χ1) is 7.70. The number of unbranched alkanes of at least 4 members (excludes halogenated alkanes) is 2. The molecule has 0 heterocycles.